The lowest BCUT2D eigenvalue weighted by atomic mass is 10.2. The highest BCUT2D eigenvalue weighted by molar-refractivity contribution is 9.10. The van der Waals surface area contributed by atoms with Crippen LogP contribution in [0.25, 0.3) is 10.9 Å². The predicted octanol–water partition coefficient (Wildman–Crippen LogP) is 2.35. The first-order valence-electron chi connectivity index (χ1n) is 6.29. The molecule has 1 amide bonds. The molecule has 0 radical (unpaired) electrons. The molecule has 3 rings (SSSR count). The van der Waals surface area contributed by atoms with Gasteiger partial charge in [-0.15, -0.1) is 0 Å². The number of aromatic nitrogens is 1. The van der Waals surface area contributed by atoms with Crippen LogP contribution in [-0.4, -0.2) is 36.8 Å². The zero-order valence-corrected chi connectivity index (χ0v) is 12.2. The van der Waals surface area contributed by atoms with Gasteiger partial charge >= 0.3 is 0 Å². The zero-order chi connectivity index (χ0) is 13.9. The van der Waals surface area contributed by atoms with Gasteiger partial charge in [0.25, 0.3) is 5.91 Å². The summed E-state index contributed by atoms with van der Waals surface area (Å²) in [6.07, 6.45) is -0.569. The number of para-hydroxylation sites is 1. The molecule has 0 spiro atoms. The van der Waals surface area contributed by atoms with Crippen LogP contribution in [0.15, 0.2) is 34.8 Å². The fourth-order valence-corrected chi connectivity index (χ4v) is 2.50. The van der Waals surface area contributed by atoms with Gasteiger partial charge in [0, 0.05) is 9.86 Å². The molecule has 1 aromatic heterocycles. The van der Waals surface area contributed by atoms with Crippen LogP contribution in [0.2, 0.25) is 0 Å². The van der Waals surface area contributed by atoms with E-state index >= 15 is 0 Å². The second-order valence-electron chi connectivity index (χ2n) is 4.43. The molecule has 1 aliphatic heterocycles. The van der Waals surface area contributed by atoms with Crippen molar-refractivity contribution in [1.29, 1.82) is 0 Å². The van der Waals surface area contributed by atoms with Crippen LogP contribution >= 0.6 is 15.9 Å². The monoisotopic (exact) mass is 336 g/mol. The molecule has 0 saturated carbocycles. The van der Waals surface area contributed by atoms with E-state index in [0.29, 0.717) is 19.0 Å². The Bertz CT molecular complexity index is 641. The smallest absolute Gasteiger partial charge is 0.257 e. The summed E-state index contributed by atoms with van der Waals surface area (Å²) in [5.41, 5.74) is 0.811. The highest BCUT2D eigenvalue weighted by Gasteiger charge is 2.23. The van der Waals surface area contributed by atoms with Gasteiger partial charge in [-0.2, -0.15) is 0 Å². The quantitative estimate of drug-likeness (QED) is 0.914. The van der Waals surface area contributed by atoms with E-state index in [-0.39, 0.29) is 12.5 Å². The van der Waals surface area contributed by atoms with Crippen molar-refractivity contribution in [3.8, 4) is 0 Å². The van der Waals surface area contributed by atoms with Gasteiger partial charge in [0.15, 0.2) is 6.10 Å². The van der Waals surface area contributed by atoms with E-state index in [1.54, 1.807) is 6.07 Å². The molecule has 1 atom stereocenters. The van der Waals surface area contributed by atoms with E-state index in [0.717, 1.165) is 15.4 Å². The highest BCUT2D eigenvalue weighted by atomic mass is 79.9. The number of carbonyl (C=O) groups excluding carboxylic acids is 1. The fraction of sp³-hybridized carbons (Fsp3) is 0.286. The normalized spacial score (nSPS) is 18.9. The Morgan fingerprint density at radius 2 is 2.20 bits per heavy atom. The van der Waals surface area contributed by atoms with Crippen molar-refractivity contribution < 1.29 is 14.3 Å². The molecular formula is C14H13BrN2O3. The third-order valence-electron chi connectivity index (χ3n) is 3.03. The van der Waals surface area contributed by atoms with E-state index in [2.05, 4.69) is 26.2 Å². The number of carbonyl (C=O) groups is 1. The Morgan fingerprint density at radius 3 is 3.00 bits per heavy atom. The van der Waals surface area contributed by atoms with Crippen LogP contribution < -0.4 is 5.32 Å². The first kappa shape index (κ1) is 13.5. The molecule has 1 fully saturated rings. The number of nitrogens with zero attached hydrogens (tertiary/aromatic N) is 1. The summed E-state index contributed by atoms with van der Waals surface area (Å²) in [6, 6.07) is 9.52. The standard InChI is InChI=1S/C14H13BrN2O3/c15-10-3-1-2-9-4-5-12(16-13(9)10)17-14(18)11-8-19-6-7-20-11/h1-5,11H,6-8H2,(H,16,17,18)/t11-/m0/s1. The molecule has 104 valence electrons. The summed E-state index contributed by atoms with van der Waals surface area (Å²) in [5.74, 6) is 0.271. The number of hydrogen-bond acceptors (Lipinski definition) is 4. The Labute approximate surface area is 124 Å². The molecule has 1 N–H and O–H groups in total. The van der Waals surface area contributed by atoms with E-state index in [9.17, 15) is 4.79 Å². The topological polar surface area (TPSA) is 60.5 Å². The predicted molar refractivity (Wildman–Crippen MR) is 78.6 cm³/mol. The number of amides is 1. The van der Waals surface area contributed by atoms with Gasteiger partial charge in [0.2, 0.25) is 0 Å². The molecule has 1 aliphatic rings. The minimum Gasteiger partial charge on any atom is -0.376 e. The molecule has 6 heteroatoms. The van der Waals surface area contributed by atoms with Crippen LogP contribution in [0.4, 0.5) is 5.82 Å². The van der Waals surface area contributed by atoms with Crippen LogP contribution in [0.1, 0.15) is 0 Å². The second kappa shape index (κ2) is 5.87. The number of benzene rings is 1. The lowest BCUT2D eigenvalue weighted by Crippen LogP contribution is -2.39. The molecule has 20 heavy (non-hydrogen) atoms. The lowest BCUT2D eigenvalue weighted by molar-refractivity contribution is -0.142. The summed E-state index contributed by atoms with van der Waals surface area (Å²) in [7, 11) is 0. The van der Waals surface area contributed by atoms with Crippen LogP contribution in [-0.2, 0) is 14.3 Å². The zero-order valence-electron chi connectivity index (χ0n) is 10.6. The summed E-state index contributed by atoms with van der Waals surface area (Å²) >= 11 is 3.45. The minimum atomic E-state index is -0.569. The summed E-state index contributed by atoms with van der Waals surface area (Å²) in [4.78, 5) is 16.5. The number of rotatable bonds is 2. The SMILES string of the molecule is O=C(Nc1ccc2cccc(Br)c2n1)[C@@H]1COCCO1. The summed E-state index contributed by atoms with van der Waals surface area (Å²) in [5, 5.41) is 3.76. The average Bonchev–Trinajstić information content (AvgIpc) is 2.49. The maximum absolute atomic E-state index is 12.0. The van der Waals surface area contributed by atoms with Crippen molar-refractivity contribution in [2.45, 2.75) is 6.10 Å². The molecule has 0 aliphatic carbocycles. The van der Waals surface area contributed by atoms with Crippen molar-refractivity contribution in [2.24, 2.45) is 0 Å². The van der Waals surface area contributed by atoms with Gasteiger partial charge in [-0.05, 0) is 34.1 Å². The second-order valence-corrected chi connectivity index (χ2v) is 5.29. The minimum absolute atomic E-state index is 0.233. The van der Waals surface area contributed by atoms with Gasteiger partial charge in [-0.25, -0.2) is 4.98 Å². The Hall–Kier alpha value is -1.50. The highest BCUT2D eigenvalue weighted by Crippen LogP contribution is 2.23. The van der Waals surface area contributed by atoms with Crippen LogP contribution in [0, 0.1) is 0 Å². The first-order chi connectivity index (χ1) is 9.74. The average molecular weight is 337 g/mol. The van der Waals surface area contributed by atoms with Gasteiger partial charge in [0.1, 0.15) is 5.82 Å². The van der Waals surface area contributed by atoms with E-state index in [1.807, 2.05) is 24.3 Å². The first-order valence-corrected chi connectivity index (χ1v) is 7.09. The number of hydrogen-bond donors (Lipinski definition) is 1. The molecule has 1 saturated heterocycles. The molecule has 2 aromatic rings. The lowest BCUT2D eigenvalue weighted by Gasteiger charge is -2.21. The van der Waals surface area contributed by atoms with Crippen molar-refractivity contribution in [3.63, 3.8) is 0 Å². The van der Waals surface area contributed by atoms with Gasteiger partial charge in [0.05, 0.1) is 25.3 Å². The Morgan fingerprint density at radius 1 is 1.30 bits per heavy atom. The number of fused-ring (bicyclic) bond motifs is 1. The number of anilines is 1. The fourth-order valence-electron chi connectivity index (χ4n) is 2.03. The summed E-state index contributed by atoms with van der Waals surface area (Å²) in [6.45, 7) is 1.25. The molecule has 0 bridgehead atoms. The van der Waals surface area contributed by atoms with Crippen LogP contribution in [0.5, 0.6) is 0 Å². The number of nitrogens with one attached hydrogen (secondary N) is 1. The largest absolute Gasteiger partial charge is 0.376 e. The van der Waals surface area contributed by atoms with E-state index in [1.165, 1.54) is 0 Å². The maximum atomic E-state index is 12.0. The maximum Gasteiger partial charge on any atom is 0.257 e. The molecule has 2 heterocycles. The Kier molecular flexibility index (Phi) is 3.95. The number of ether oxygens (including phenoxy) is 2. The van der Waals surface area contributed by atoms with Gasteiger partial charge in [-0.1, -0.05) is 12.1 Å². The van der Waals surface area contributed by atoms with Crippen molar-refractivity contribution in [3.05, 3.63) is 34.8 Å². The van der Waals surface area contributed by atoms with Crippen molar-refractivity contribution in [1.82, 2.24) is 4.98 Å². The number of pyridine rings is 1. The number of halogens is 1. The van der Waals surface area contributed by atoms with Crippen molar-refractivity contribution >= 4 is 38.6 Å². The third kappa shape index (κ3) is 2.82. The van der Waals surface area contributed by atoms with E-state index < -0.39 is 6.10 Å². The van der Waals surface area contributed by atoms with Crippen molar-refractivity contribution in [2.75, 3.05) is 25.1 Å². The van der Waals surface area contributed by atoms with Gasteiger partial charge < -0.3 is 14.8 Å². The molecule has 1 aromatic carbocycles. The van der Waals surface area contributed by atoms with Gasteiger partial charge in [-0.3, -0.25) is 4.79 Å². The third-order valence-corrected chi connectivity index (χ3v) is 3.67. The van der Waals surface area contributed by atoms with E-state index in [4.69, 9.17) is 9.47 Å². The Balaban J connectivity index is 1.80. The van der Waals surface area contributed by atoms with Crippen LogP contribution in [0.3, 0.4) is 0 Å². The molecular weight excluding hydrogens is 324 g/mol. The summed E-state index contributed by atoms with van der Waals surface area (Å²) < 4.78 is 11.5. The molecule has 5 nitrogen and oxygen atoms in total. The molecule has 0 unspecified atom stereocenters.